The Labute approximate surface area is 83.6 Å². The standard InChI is InChI=1S/C9H17N3O2/c1-2-12(7-3-4-7)9(14)6-11-8(13)5-10/h7H,2-6,10H2,1H3,(H,11,13). The number of hydrogen-bond acceptors (Lipinski definition) is 3. The molecule has 1 fully saturated rings. The van der Waals surface area contributed by atoms with Crippen LogP contribution in [0.25, 0.3) is 0 Å². The lowest BCUT2D eigenvalue weighted by molar-refractivity contribution is -0.132. The third-order valence-corrected chi connectivity index (χ3v) is 2.27. The van der Waals surface area contributed by atoms with Gasteiger partial charge in [0.05, 0.1) is 13.1 Å². The molecule has 2 amide bonds. The fourth-order valence-electron chi connectivity index (χ4n) is 1.37. The molecule has 0 saturated heterocycles. The number of rotatable bonds is 5. The van der Waals surface area contributed by atoms with Gasteiger partial charge in [0.2, 0.25) is 11.8 Å². The summed E-state index contributed by atoms with van der Waals surface area (Å²) in [5.41, 5.74) is 5.10. The van der Waals surface area contributed by atoms with E-state index in [0.717, 1.165) is 12.8 Å². The van der Waals surface area contributed by atoms with Crippen molar-refractivity contribution >= 4 is 11.8 Å². The zero-order valence-electron chi connectivity index (χ0n) is 8.45. The Kier molecular flexibility index (Phi) is 3.88. The summed E-state index contributed by atoms with van der Waals surface area (Å²) in [6.07, 6.45) is 2.18. The van der Waals surface area contributed by atoms with Crippen LogP contribution < -0.4 is 11.1 Å². The Morgan fingerprint density at radius 1 is 1.50 bits per heavy atom. The maximum atomic E-state index is 11.5. The molecule has 0 radical (unpaired) electrons. The Hall–Kier alpha value is -1.10. The van der Waals surface area contributed by atoms with Gasteiger partial charge in [0, 0.05) is 12.6 Å². The van der Waals surface area contributed by atoms with E-state index >= 15 is 0 Å². The highest BCUT2D eigenvalue weighted by molar-refractivity contribution is 5.85. The average Bonchev–Trinajstić information content (AvgIpc) is 2.99. The third-order valence-electron chi connectivity index (χ3n) is 2.27. The molecule has 0 spiro atoms. The van der Waals surface area contributed by atoms with Gasteiger partial charge in [-0.15, -0.1) is 0 Å². The number of likely N-dealkylation sites (N-methyl/N-ethyl adjacent to an activating group) is 1. The predicted molar refractivity (Wildman–Crippen MR) is 52.5 cm³/mol. The van der Waals surface area contributed by atoms with Crippen molar-refractivity contribution in [1.82, 2.24) is 10.2 Å². The van der Waals surface area contributed by atoms with Gasteiger partial charge >= 0.3 is 0 Å². The molecule has 0 aromatic heterocycles. The van der Waals surface area contributed by atoms with Crippen LogP contribution in [0.1, 0.15) is 19.8 Å². The molecule has 0 unspecified atom stereocenters. The van der Waals surface area contributed by atoms with Crippen LogP contribution in [0.15, 0.2) is 0 Å². The molecule has 5 heteroatoms. The Balaban J connectivity index is 2.28. The van der Waals surface area contributed by atoms with Crippen LogP contribution in [0, 0.1) is 0 Å². The molecule has 0 aliphatic heterocycles. The molecule has 14 heavy (non-hydrogen) atoms. The molecule has 0 aromatic rings. The van der Waals surface area contributed by atoms with Gasteiger partial charge in [-0.2, -0.15) is 0 Å². The van der Waals surface area contributed by atoms with Crippen molar-refractivity contribution in [3.8, 4) is 0 Å². The Bertz CT molecular complexity index is 226. The first-order chi connectivity index (χ1) is 6.69. The SMILES string of the molecule is CCN(C(=O)CNC(=O)CN)C1CC1. The number of nitrogens with two attached hydrogens (primary N) is 1. The fraction of sp³-hybridized carbons (Fsp3) is 0.778. The van der Waals surface area contributed by atoms with E-state index in [1.807, 2.05) is 6.92 Å². The highest BCUT2D eigenvalue weighted by atomic mass is 16.2. The van der Waals surface area contributed by atoms with Crippen LogP contribution >= 0.6 is 0 Å². The topological polar surface area (TPSA) is 75.4 Å². The van der Waals surface area contributed by atoms with Gasteiger partial charge in [0.25, 0.3) is 0 Å². The van der Waals surface area contributed by atoms with Gasteiger partial charge in [-0.3, -0.25) is 9.59 Å². The van der Waals surface area contributed by atoms with Crippen molar-refractivity contribution < 1.29 is 9.59 Å². The van der Waals surface area contributed by atoms with E-state index in [0.29, 0.717) is 12.6 Å². The van der Waals surface area contributed by atoms with E-state index in [1.54, 1.807) is 4.90 Å². The molecule has 3 N–H and O–H groups in total. The van der Waals surface area contributed by atoms with E-state index in [-0.39, 0.29) is 24.9 Å². The van der Waals surface area contributed by atoms with Crippen LogP contribution in [0.2, 0.25) is 0 Å². The van der Waals surface area contributed by atoms with Gasteiger partial charge in [0.15, 0.2) is 0 Å². The first-order valence-corrected chi connectivity index (χ1v) is 4.95. The molecule has 1 saturated carbocycles. The molecule has 5 nitrogen and oxygen atoms in total. The summed E-state index contributed by atoms with van der Waals surface area (Å²) >= 11 is 0. The summed E-state index contributed by atoms with van der Waals surface area (Å²) in [6.45, 7) is 2.66. The summed E-state index contributed by atoms with van der Waals surface area (Å²) in [5, 5.41) is 2.47. The van der Waals surface area contributed by atoms with E-state index in [2.05, 4.69) is 5.32 Å². The van der Waals surface area contributed by atoms with E-state index in [1.165, 1.54) is 0 Å². The lowest BCUT2D eigenvalue weighted by Gasteiger charge is -2.20. The van der Waals surface area contributed by atoms with Gasteiger partial charge in [-0.1, -0.05) is 0 Å². The van der Waals surface area contributed by atoms with Crippen molar-refractivity contribution in [2.45, 2.75) is 25.8 Å². The zero-order chi connectivity index (χ0) is 10.6. The quantitative estimate of drug-likeness (QED) is 0.601. The van der Waals surface area contributed by atoms with E-state index in [4.69, 9.17) is 5.73 Å². The molecule has 80 valence electrons. The molecule has 0 atom stereocenters. The monoisotopic (exact) mass is 199 g/mol. The van der Waals surface area contributed by atoms with E-state index in [9.17, 15) is 9.59 Å². The van der Waals surface area contributed by atoms with Crippen LogP contribution in [-0.4, -0.2) is 42.4 Å². The maximum absolute atomic E-state index is 11.5. The van der Waals surface area contributed by atoms with Crippen LogP contribution in [0.3, 0.4) is 0 Å². The summed E-state index contributed by atoms with van der Waals surface area (Å²) in [5.74, 6) is -0.304. The predicted octanol–water partition coefficient (Wildman–Crippen LogP) is -0.928. The second kappa shape index (κ2) is 4.95. The van der Waals surface area contributed by atoms with Crippen LogP contribution in [0.4, 0.5) is 0 Å². The molecular weight excluding hydrogens is 182 g/mol. The number of carbonyl (C=O) groups is 2. The number of nitrogens with one attached hydrogen (secondary N) is 1. The molecular formula is C9H17N3O2. The first-order valence-electron chi connectivity index (χ1n) is 4.95. The van der Waals surface area contributed by atoms with Crippen molar-refractivity contribution in [2.24, 2.45) is 5.73 Å². The zero-order valence-corrected chi connectivity index (χ0v) is 8.45. The van der Waals surface area contributed by atoms with Crippen molar-refractivity contribution in [2.75, 3.05) is 19.6 Å². The Morgan fingerprint density at radius 3 is 2.57 bits per heavy atom. The Morgan fingerprint density at radius 2 is 2.14 bits per heavy atom. The highest BCUT2D eigenvalue weighted by Gasteiger charge is 2.30. The molecule has 1 aliphatic carbocycles. The number of carbonyl (C=O) groups excluding carboxylic acids is 2. The minimum atomic E-state index is -0.287. The average molecular weight is 199 g/mol. The number of nitrogens with zero attached hydrogens (tertiary/aromatic N) is 1. The second-order valence-electron chi connectivity index (χ2n) is 3.39. The minimum absolute atomic E-state index is 0.0169. The summed E-state index contributed by atoms with van der Waals surface area (Å²) in [7, 11) is 0. The molecule has 0 aromatic carbocycles. The fourth-order valence-corrected chi connectivity index (χ4v) is 1.37. The first kappa shape index (κ1) is 11.0. The summed E-state index contributed by atoms with van der Waals surface area (Å²) in [4.78, 5) is 24.2. The van der Waals surface area contributed by atoms with Crippen molar-refractivity contribution in [3.05, 3.63) is 0 Å². The van der Waals surface area contributed by atoms with Gasteiger partial charge in [-0.05, 0) is 19.8 Å². The van der Waals surface area contributed by atoms with Crippen molar-refractivity contribution in [1.29, 1.82) is 0 Å². The highest BCUT2D eigenvalue weighted by Crippen LogP contribution is 2.26. The van der Waals surface area contributed by atoms with Gasteiger partial charge in [0.1, 0.15) is 0 Å². The normalized spacial score (nSPS) is 15.0. The van der Waals surface area contributed by atoms with Crippen molar-refractivity contribution in [3.63, 3.8) is 0 Å². The summed E-state index contributed by atoms with van der Waals surface area (Å²) in [6, 6.07) is 0.405. The molecule has 1 aliphatic rings. The lowest BCUT2D eigenvalue weighted by atomic mass is 10.4. The molecule has 0 heterocycles. The lowest BCUT2D eigenvalue weighted by Crippen LogP contribution is -2.42. The van der Waals surface area contributed by atoms with Gasteiger partial charge < -0.3 is 16.0 Å². The smallest absolute Gasteiger partial charge is 0.242 e. The molecule has 0 bridgehead atoms. The third kappa shape index (κ3) is 2.99. The summed E-state index contributed by atoms with van der Waals surface area (Å²) < 4.78 is 0. The van der Waals surface area contributed by atoms with Gasteiger partial charge in [-0.25, -0.2) is 0 Å². The second-order valence-corrected chi connectivity index (χ2v) is 3.39. The largest absolute Gasteiger partial charge is 0.346 e. The number of amides is 2. The van der Waals surface area contributed by atoms with Crippen LogP contribution in [0.5, 0.6) is 0 Å². The van der Waals surface area contributed by atoms with E-state index < -0.39 is 0 Å². The minimum Gasteiger partial charge on any atom is -0.346 e. The maximum Gasteiger partial charge on any atom is 0.242 e. The molecule has 1 rings (SSSR count). The van der Waals surface area contributed by atoms with Crippen LogP contribution in [-0.2, 0) is 9.59 Å². The number of hydrogen-bond donors (Lipinski definition) is 2.